The van der Waals surface area contributed by atoms with Crippen molar-refractivity contribution in [1.82, 2.24) is 15.6 Å². The molecule has 1 aliphatic heterocycles. The van der Waals surface area contributed by atoms with E-state index in [1.165, 1.54) is 37.4 Å². The molecule has 2 heterocycles. The number of benzene rings is 2. The number of ether oxygens (including phenoxy) is 1. The Bertz CT molecular complexity index is 1140. The summed E-state index contributed by atoms with van der Waals surface area (Å²) in [7, 11) is 1.41. The Labute approximate surface area is 197 Å². The maximum absolute atomic E-state index is 12.3. The summed E-state index contributed by atoms with van der Waals surface area (Å²) < 4.78 is 4.96. The third kappa shape index (κ3) is 6.17. The molecule has 2 aromatic carbocycles. The average molecular weight is 463 g/mol. The van der Waals surface area contributed by atoms with Crippen LogP contribution in [0.3, 0.4) is 0 Å². The highest BCUT2D eigenvalue weighted by molar-refractivity contribution is 6.11. The number of nitrogens with two attached hydrogens (primary N) is 1. The Morgan fingerprint density at radius 1 is 1.03 bits per heavy atom. The van der Waals surface area contributed by atoms with Gasteiger partial charge >= 0.3 is 0 Å². The van der Waals surface area contributed by atoms with Gasteiger partial charge in [0.2, 0.25) is 5.91 Å². The van der Waals surface area contributed by atoms with E-state index in [2.05, 4.69) is 15.6 Å². The molecule has 1 aromatic heterocycles. The number of pyridine rings is 1. The summed E-state index contributed by atoms with van der Waals surface area (Å²) in [5.41, 5.74) is 6.60. The minimum Gasteiger partial charge on any atom is -0.504 e. The molecular formula is C25H26N4O5. The number of primary amides is 1. The van der Waals surface area contributed by atoms with Gasteiger partial charge in [0.15, 0.2) is 17.3 Å². The first-order valence-corrected chi connectivity index (χ1v) is 10.6. The van der Waals surface area contributed by atoms with Crippen molar-refractivity contribution < 1.29 is 24.2 Å². The van der Waals surface area contributed by atoms with Crippen molar-refractivity contribution in [3.8, 4) is 11.5 Å². The molecule has 176 valence electrons. The third-order valence-corrected chi connectivity index (χ3v) is 5.23. The zero-order valence-electron chi connectivity index (χ0n) is 18.7. The van der Waals surface area contributed by atoms with Crippen molar-refractivity contribution in [2.24, 2.45) is 5.73 Å². The van der Waals surface area contributed by atoms with Crippen LogP contribution < -0.4 is 21.1 Å². The van der Waals surface area contributed by atoms with Crippen LogP contribution in [0.25, 0.3) is 0 Å². The number of ketones is 1. The summed E-state index contributed by atoms with van der Waals surface area (Å²) in [6.07, 6.45) is 4.26. The van der Waals surface area contributed by atoms with Gasteiger partial charge in [-0.05, 0) is 49.4 Å². The highest BCUT2D eigenvalue weighted by Crippen LogP contribution is 2.30. The SMILES string of the molecule is COc1cccc(C(=O)c2ccc(C(N)=O)cc2)c1O.O=C(NC1CCNC1)c1ccncc1. The Morgan fingerprint density at radius 2 is 1.71 bits per heavy atom. The lowest BCUT2D eigenvalue weighted by Gasteiger charge is -2.10. The Balaban J connectivity index is 0.000000202. The van der Waals surface area contributed by atoms with Crippen LogP contribution in [0.2, 0.25) is 0 Å². The second kappa shape index (κ2) is 11.6. The molecule has 5 N–H and O–H groups in total. The van der Waals surface area contributed by atoms with Crippen molar-refractivity contribution in [1.29, 1.82) is 0 Å². The molecule has 3 aromatic rings. The smallest absolute Gasteiger partial charge is 0.251 e. The van der Waals surface area contributed by atoms with E-state index in [9.17, 15) is 19.5 Å². The Hall–Kier alpha value is -4.24. The quantitative estimate of drug-likeness (QED) is 0.410. The molecule has 9 heteroatoms. The lowest BCUT2D eigenvalue weighted by atomic mass is 10.0. The van der Waals surface area contributed by atoms with Crippen LogP contribution in [0.1, 0.15) is 43.1 Å². The van der Waals surface area contributed by atoms with Gasteiger partial charge in [0, 0.05) is 41.7 Å². The van der Waals surface area contributed by atoms with Crippen molar-refractivity contribution in [3.63, 3.8) is 0 Å². The molecule has 4 rings (SSSR count). The predicted molar refractivity (Wildman–Crippen MR) is 126 cm³/mol. The van der Waals surface area contributed by atoms with Gasteiger partial charge in [0.05, 0.1) is 12.7 Å². The molecular weight excluding hydrogens is 436 g/mol. The van der Waals surface area contributed by atoms with E-state index in [0.717, 1.165) is 19.5 Å². The molecule has 34 heavy (non-hydrogen) atoms. The average Bonchev–Trinajstić information content (AvgIpc) is 3.38. The number of nitrogens with zero attached hydrogens (tertiary/aromatic N) is 1. The van der Waals surface area contributed by atoms with Crippen molar-refractivity contribution >= 4 is 17.6 Å². The number of hydrogen-bond acceptors (Lipinski definition) is 7. The molecule has 0 saturated carbocycles. The molecule has 0 radical (unpaired) electrons. The molecule has 1 aliphatic rings. The van der Waals surface area contributed by atoms with Crippen LogP contribution in [-0.2, 0) is 0 Å². The van der Waals surface area contributed by atoms with Gasteiger partial charge < -0.3 is 26.2 Å². The normalized spacial score (nSPS) is 14.4. The number of aromatic hydroxyl groups is 1. The van der Waals surface area contributed by atoms with Crippen molar-refractivity contribution in [2.75, 3.05) is 20.2 Å². The highest BCUT2D eigenvalue weighted by atomic mass is 16.5. The maximum atomic E-state index is 12.3. The number of methoxy groups -OCH3 is 1. The molecule has 1 saturated heterocycles. The lowest BCUT2D eigenvalue weighted by molar-refractivity contribution is 0.0938. The van der Waals surface area contributed by atoms with E-state index in [1.54, 1.807) is 36.7 Å². The lowest BCUT2D eigenvalue weighted by Crippen LogP contribution is -2.36. The second-order valence-corrected chi connectivity index (χ2v) is 7.53. The van der Waals surface area contributed by atoms with Gasteiger partial charge in [-0.25, -0.2) is 0 Å². The summed E-state index contributed by atoms with van der Waals surface area (Å²) in [6.45, 7) is 1.86. The first-order valence-electron chi connectivity index (χ1n) is 10.6. The van der Waals surface area contributed by atoms with Crippen LogP contribution in [0.4, 0.5) is 0 Å². The number of para-hydroxylation sites is 1. The summed E-state index contributed by atoms with van der Waals surface area (Å²) in [4.78, 5) is 38.8. The van der Waals surface area contributed by atoms with Gasteiger partial charge in [-0.1, -0.05) is 18.2 Å². The van der Waals surface area contributed by atoms with E-state index < -0.39 is 5.91 Å². The van der Waals surface area contributed by atoms with Crippen LogP contribution in [0.5, 0.6) is 11.5 Å². The largest absolute Gasteiger partial charge is 0.504 e. The summed E-state index contributed by atoms with van der Waals surface area (Å²) in [5.74, 6) is -0.921. The zero-order chi connectivity index (χ0) is 24.5. The molecule has 1 unspecified atom stereocenters. The second-order valence-electron chi connectivity index (χ2n) is 7.53. The summed E-state index contributed by atoms with van der Waals surface area (Å²) in [5, 5.41) is 16.1. The number of phenolic OH excluding ortho intramolecular Hbond substituents is 1. The van der Waals surface area contributed by atoms with E-state index in [1.807, 2.05) is 0 Å². The summed E-state index contributed by atoms with van der Waals surface area (Å²) in [6, 6.07) is 14.3. The van der Waals surface area contributed by atoms with Crippen LogP contribution >= 0.6 is 0 Å². The molecule has 2 amide bonds. The van der Waals surface area contributed by atoms with Crippen molar-refractivity contribution in [2.45, 2.75) is 12.5 Å². The Kier molecular flexibility index (Phi) is 8.31. The van der Waals surface area contributed by atoms with Crippen LogP contribution in [0.15, 0.2) is 67.0 Å². The maximum Gasteiger partial charge on any atom is 0.251 e. The minimum absolute atomic E-state index is 0.0129. The predicted octanol–water partition coefficient (Wildman–Crippen LogP) is 1.90. The molecule has 0 aliphatic carbocycles. The van der Waals surface area contributed by atoms with Gasteiger partial charge in [0.1, 0.15) is 0 Å². The number of carbonyl (C=O) groups is 3. The van der Waals surface area contributed by atoms with E-state index in [4.69, 9.17) is 10.5 Å². The fourth-order valence-corrected chi connectivity index (χ4v) is 3.36. The molecule has 0 bridgehead atoms. The zero-order valence-corrected chi connectivity index (χ0v) is 18.7. The Morgan fingerprint density at radius 3 is 2.29 bits per heavy atom. The highest BCUT2D eigenvalue weighted by Gasteiger charge is 2.18. The number of nitrogens with one attached hydrogen (secondary N) is 2. The number of aromatic nitrogens is 1. The fraction of sp³-hybridized carbons (Fsp3) is 0.200. The van der Waals surface area contributed by atoms with Gasteiger partial charge in [-0.2, -0.15) is 0 Å². The molecule has 1 atom stereocenters. The molecule has 9 nitrogen and oxygen atoms in total. The first-order chi connectivity index (χ1) is 16.4. The standard InChI is InChI=1S/C15H13NO4.C10H13N3O/c1-20-12-4-2-3-11(14(12)18)13(17)9-5-7-10(8-6-9)15(16)19;14-10(8-1-4-11-5-2-8)13-9-3-6-12-7-9/h2-8,18H,1H3,(H2,16,19);1-2,4-5,9,12H,3,6-7H2,(H,13,14). The molecule has 0 spiro atoms. The van der Waals surface area contributed by atoms with E-state index >= 15 is 0 Å². The molecule has 1 fully saturated rings. The number of rotatable bonds is 6. The van der Waals surface area contributed by atoms with E-state index in [0.29, 0.717) is 16.7 Å². The van der Waals surface area contributed by atoms with Gasteiger partial charge in [-0.3, -0.25) is 19.4 Å². The number of amides is 2. The summed E-state index contributed by atoms with van der Waals surface area (Å²) >= 11 is 0. The van der Waals surface area contributed by atoms with Gasteiger partial charge in [-0.15, -0.1) is 0 Å². The monoisotopic (exact) mass is 462 g/mol. The number of carbonyl (C=O) groups excluding carboxylic acids is 3. The number of phenols is 1. The first kappa shape index (κ1) is 24.4. The topological polar surface area (TPSA) is 144 Å². The number of hydrogen-bond donors (Lipinski definition) is 4. The van der Waals surface area contributed by atoms with Crippen molar-refractivity contribution in [3.05, 3.63) is 89.2 Å². The van der Waals surface area contributed by atoms with E-state index in [-0.39, 0.29) is 34.8 Å². The minimum atomic E-state index is -0.562. The van der Waals surface area contributed by atoms with Crippen LogP contribution in [0, 0.1) is 0 Å². The van der Waals surface area contributed by atoms with Crippen LogP contribution in [-0.4, -0.2) is 53.9 Å². The third-order valence-electron chi connectivity index (χ3n) is 5.23. The van der Waals surface area contributed by atoms with Gasteiger partial charge in [0.25, 0.3) is 5.91 Å². The fourth-order valence-electron chi connectivity index (χ4n) is 3.36.